The minimum absolute atomic E-state index is 0.0144. The lowest BCUT2D eigenvalue weighted by molar-refractivity contribution is 0.100. The molecule has 0 saturated carbocycles. The van der Waals surface area contributed by atoms with Gasteiger partial charge >= 0.3 is 0 Å². The van der Waals surface area contributed by atoms with Gasteiger partial charge in [-0.2, -0.15) is 0 Å². The monoisotopic (exact) mass is 380 g/mol. The molecule has 3 aliphatic rings. The first kappa shape index (κ1) is 17.7. The van der Waals surface area contributed by atoms with Gasteiger partial charge in [0.05, 0.1) is 0 Å². The fraction of sp³-hybridized carbons (Fsp3) is 0.192. The van der Waals surface area contributed by atoms with E-state index in [1.165, 1.54) is 0 Å². The van der Waals surface area contributed by atoms with Gasteiger partial charge in [-0.15, -0.1) is 0 Å². The Kier molecular flexibility index (Phi) is 3.72. The van der Waals surface area contributed by atoms with Gasteiger partial charge in [0, 0.05) is 28.5 Å². The Hall–Kier alpha value is -3.33. The molecule has 3 aromatic rings. The largest absolute Gasteiger partial charge is 0.295 e. The molecule has 0 N–H and O–H groups in total. The van der Waals surface area contributed by atoms with Crippen molar-refractivity contribution in [2.75, 3.05) is 0 Å². The predicted octanol–water partition coefficient (Wildman–Crippen LogP) is 5.28. The quantitative estimate of drug-likeness (QED) is 0.400. The highest BCUT2D eigenvalue weighted by Gasteiger charge is 2.45. The zero-order chi connectivity index (χ0) is 20.4. The molecule has 0 spiro atoms. The maximum Gasteiger partial charge on any atom is 0.160 e. The number of benzene rings is 3. The van der Waals surface area contributed by atoms with Crippen LogP contribution in [-0.2, 0) is 0 Å². The Morgan fingerprint density at radius 1 is 0.517 bits per heavy atom. The molecule has 0 aromatic heterocycles. The number of rotatable bonds is 3. The van der Waals surface area contributed by atoms with Crippen LogP contribution >= 0.6 is 0 Å². The van der Waals surface area contributed by atoms with E-state index in [4.69, 9.17) is 0 Å². The minimum Gasteiger partial charge on any atom is -0.295 e. The Morgan fingerprint density at radius 3 is 1.17 bits per heavy atom. The van der Waals surface area contributed by atoms with Crippen molar-refractivity contribution in [1.29, 1.82) is 0 Å². The first-order valence-electron chi connectivity index (χ1n) is 9.83. The maximum absolute atomic E-state index is 12.5. The Morgan fingerprint density at radius 2 is 0.828 bits per heavy atom. The third kappa shape index (κ3) is 2.27. The van der Waals surface area contributed by atoms with Gasteiger partial charge in [0.2, 0.25) is 0 Å². The summed E-state index contributed by atoms with van der Waals surface area (Å²) in [4.78, 5) is 37.4. The van der Waals surface area contributed by atoms with Gasteiger partial charge in [0.1, 0.15) is 0 Å². The highest BCUT2D eigenvalue weighted by Crippen LogP contribution is 2.58. The summed E-state index contributed by atoms with van der Waals surface area (Å²) in [5, 5.41) is 0. The van der Waals surface area contributed by atoms with Crippen LogP contribution < -0.4 is 0 Å². The van der Waals surface area contributed by atoms with Gasteiger partial charge in [-0.3, -0.25) is 14.4 Å². The van der Waals surface area contributed by atoms with Crippen LogP contribution in [0.4, 0.5) is 0 Å². The summed E-state index contributed by atoms with van der Waals surface area (Å²) >= 11 is 0. The van der Waals surface area contributed by atoms with Gasteiger partial charge in [-0.05, 0) is 54.2 Å². The van der Waals surface area contributed by atoms with Crippen molar-refractivity contribution in [2.24, 2.45) is 0 Å². The van der Waals surface area contributed by atoms with Crippen molar-refractivity contribution < 1.29 is 14.4 Å². The summed E-state index contributed by atoms with van der Waals surface area (Å²) < 4.78 is 0. The van der Waals surface area contributed by atoms with Crippen molar-refractivity contribution in [3.63, 3.8) is 0 Å². The SMILES string of the molecule is CC(=O)c1cccc2c1C1c3cccc(C(C)=O)c3C2c2c(C(C)=O)cccc21. The number of hydrogen-bond acceptors (Lipinski definition) is 3. The van der Waals surface area contributed by atoms with E-state index in [0.717, 1.165) is 38.9 Å². The standard InChI is InChI=1S/C26H20O3/c1-13(27)16-7-6-12-21-22(16)25-19-10-4-8-17(14(2)28)23(19)26(21)24-18(15(3)29)9-5-11-20(24)25/h4-12,25-26H,1-3H3. The fourth-order valence-corrected chi connectivity index (χ4v) is 5.33. The van der Waals surface area contributed by atoms with E-state index in [2.05, 4.69) is 12.1 Å². The zero-order valence-electron chi connectivity index (χ0n) is 16.6. The summed E-state index contributed by atoms with van der Waals surface area (Å²) in [6.45, 7) is 4.77. The Balaban J connectivity index is 1.96. The number of Topliss-reactive ketones (excluding diaryl/α,β-unsaturated/α-hetero) is 3. The van der Waals surface area contributed by atoms with E-state index in [-0.39, 0.29) is 29.2 Å². The normalized spacial score (nSPS) is 17.9. The second-order valence-electron chi connectivity index (χ2n) is 7.96. The van der Waals surface area contributed by atoms with Gasteiger partial charge in [0.15, 0.2) is 17.3 Å². The number of ketones is 3. The summed E-state index contributed by atoms with van der Waals surface area (Å²) in [5.74, 6) is -0.317. The van der Waals surface area contributed by atoms with Crippen LogP contribution in [0.25, 0.3) is 0 Å². The number of carbonyl (C=O) groups is 3. The van der Waals surface area contributed by atoms with Gasteiger partial charge in [0.25, 0.3) is 0 Å². The van der Waals surface area contributed by atoms with Crippen LogP contribution in [0, 0.1) is 0 Å². The number of carbonyl (C=O) groups excluding carboxylic acids is 3. The summed E-state index contributed by atoms with van der Waals surface area (Å²) in [5.41, 5.74) is 8.26. The summed E-state index contributed by atoms with van der Waals surface area (Å²) in [6, 6.07) is 17.5. The second-order valence-corrected chi connectivity index (χ2v) is 7.96. The van der Waals surface area contributed by atoms with Crippen molar-refractivity contribution in [3.8, 4) is 0 Å². The highest BCUT2D eigenvalue weighted by molar-refractivity contribution is 6.02. The molecule has 0 aliphatic heterocycles. The van der Waals surface area contributed by atoms with Crippen LogP contribution in [0.1, 0.15) is 97.1 Å². The first-order chi connectivity index (χ1) is 13.9. The molecule has 0 amide bonds. The Labute approximate surface area is 169 Å². The molecule has 0 fully saturated rings. The molecular formula is C26H20O3. The lowest BCUT2D eigenvalue weighted by Crippen LogP contribution is -2.32. The molecule has 3 nitrogen and oxygen atoms in total. The van der Waals surface area contributed by atoms with Crippen LogP contribution in [0.3, 0.4) is 0 Å². The third-order valence-corrected chi connectivity index (χ3v) is 6.36. The van der Waals surface area contributed by atoms with Gasteiger partial charge in [-0.1, -0.05) is 54.6 Å². The first-order valence-corrected chi connectivity index (χ1v) is 9.83. The molecule has 0 heterocycles. The molecular weight excluding hydrogens is 360 g/mol. The van der Waals surface area contributed by atoms with Crippen LogP contribution in [0.5, 0.6) is 0 Å². The average molecular weight is 380 g/mol. The molecule has 142 valence electrons. The van der Waals surface area contributed by atoms with E-state index in [9.17, 15) is 14.4 Å². The molecule has 3 heteroatoms. The topological polar surface area (TPSA) is 51.2 Å². The highest BCUT2D eigenvalue weighted by atomic mass is 16.1. The summed E-state index contributed by atoms with van der Waals surface area (Å²) in [6.07, 6.45) is 0. The second kappa shape index (κ2) is 6.08. The third-order valence-electron chi connectivity index (χ3n) is 6.36. The molecule has 3 aromatic carbocycles. The lowest BCUT2D eigenvalue weighted by atomic mass is 9.58. The van der Waals surface area contributed by atoms with Gasteiger partial charge < -0.3 is 0 Å². The predicted molar refractivity (Wildman–Crippen MR) is 111 cm³/mol. The van der Waals surface area contributed by atoms with E-state index < -0.39 is 0 Å². The van der Waals surface area contributed by atoms with Crippen LogP contribution in [0.2, 0.25) is 0 Å². The molecule has 0 unspecified atom stereocenters. The van der Waals surface area contributed by atoms with Crippen molar-refractivity contribution >= 4 is 17.3 Å². The van der Waals surface area contributed by atoms with E-state index in [1.807, 2.05) is 42.5 Å². The van der Waals surface area contributed by atoms with Crippen molar-refractivity contribution in [3.05, 3.63) is 105 Å². The number of hydrogen-bond donors (Lipinski definition) is 0. The molecule has 2 bridgehead atoms. The van der Waals surface area contributed by atoms with E-state index in [0.29, 0.717) is 11.1 Å². The molecule has 0 atom stereocenters. The maximum atomic E-state index is 12.5. The molecule has 29 heavy (non-hydrogen) atoms. The molecule has 3 aliphatic carbocycles. The molecule has 0 saturated heterocycles. The van der Waals surface area contributed by atoms with Gasteiger partial charge in [-0.25, -0.2) is 0 Å². The van der Waals surface area contributed by atoms with E-state index in [1.54, 1.807) is 20.8 Å². The fourth-order valence-electron chi connectivity index (χ4n) is 5.33. The summed E-state index contributed by atoms with van der Waals surface area (Å²) in [7, 11) is 0. The minimum atomic E-state index is -0.223. The smallest absolute Gasteiger partial charge is 0.160 e. The van der Waals surface area contributed by atoms with Crippen molar-refractivity contribution in [1.82, 2.24) is 0 Å². The molecule has 6 rings (SSSR count). The Bertz CT molecular complexity index is 1180. The molecule has 0 radical (unpaired) electrons. The lowest BCUT2D eigenvalue weighted by Gasteiger charge is -2.44. The zero-order valence-corrected chi connectivity index (χ0v) is 16.6. The van der Waals surface area contributed by atoms with Crippen LogP contribution in [0.15, 0.2) is 54.6 Å². The average Bonchev–Trinajstić information content (AvgIpc) is 2.71. The van der Waals surface area contributed by atoms with E-state index >= 15 is 0 Å². The van der Waals surface area contributed by atoms with Crippen LogP contribution in [-0.4, -0.2) is 17.3 Å². The van der Waals surface area contributed by atoms with Crippen molar-refractivity contribution in [2.45, 2.75) is 32.6 Å².